The van der Waals surface area contributed by atoms with E-state index in [9.17, 15) is 9.59 Å². The number of hydrogen-bond acceptors (Lipinski definition) is 3. The molecule has 0 aromatic rings. The van der Waals surface area contributed by atoms with Crippen LogP contribution in [0.3, 0.4) is 0 Å². The number of nitrogens with zero attached hydrogens (tertiary/aromatic N) is 2. The molecule has 0 spiro atoms. The van der Waals surface area contributed by atoms with Gasteiger partial charge in [0.1, 0.15) is 0 Å². The molecule has 0 atom stereocenters. The van der Waals surface area contributed by atoms with Crippen LogP contribution < -0.4 is 11.5 Å². The maximum Gasteiger partial charge on any atom is 0.338 e. The summed E-state index contributed by atoms with van der Waals surface area (Å²) in [6.45, 7) is 1.74. The summed E-state index contributed by atoms with van der Waals surface area (Å²) in [5.74, 6) is 0. The first-order valence-corrected chi connectivity index (χ1v) is 4.14. The summed E-state index contributed by atoms with van der Waals surface area (Å²) in [4.78, 5) is 28.0. The molecule has 0 saturated carbocycles. The molecule has 0 aromatic carbocycles. The van der Waals surface area contributed by atoms with Crippen molar-refractivity contribution >= 4 is 23.5 Å². The molecule has 7 nitrogen and oxygen atoms in total. The number of methoxy groups -OCH3 is 1. The Morgan fingerprint density at radius 2 is 1.73 bits per heavy atom. The minimum Gasteiger partial charge on any atom is -0.379 e. The van der Waals surface area contributed by atoms with E-state index < -0.39 is 12.1 Å². The van der Waals surface area contributed by atoms with Gasteiger partial charge in [0.05, 0.1) is 12.3 Å². The van der Waals surface area contributed by atoms with E-state index in [1.165, 1.54) is 7.11 Å². The SMILES string of the molecule is COCC(CC(C)=NC(N)=O)=NC(N)=O. The third kappa shape index (κ3) is 7.32. The molecule has 0 rings (SSSR count). The van der Waals surface area contributed by atoms with Gasteiger partial charge >= 0.3 is 12.1 Å². The van der Waals surface area contributed by atoms with Crippen LogP contribution in [0.2, 0.25) is 0 Å². The van der Waals surface area contributed by atoms with E-state index in [0.29, 0.717) is 11.4 Å². The molecule has 0 radical (unpaired) electrons. The second-order valence-corrected chi connectivity index (χ2v) is 2.81. The summed E-state index contributed by atoms with van der Waals surface area (Å²) in [5.41, 5.74) is 10.6. The van der Waals surface area contributed by atoms with Crippen molar-refractivity contribution in [3.63, 3.8) is 0 Å². The van der Waals surface area contributed by atoms with Gasteiger partial charge in [-0.15, -0.1) is 0 Å². The summed E-state index contributed by atoms with van der Waals surface area (Å²) in [6.07, 6.45) is 0.222. The van der Waals surface area contributed by atoms with Crippen LogP contribution in [-0.2, 0) is 4.74 Å². The van der Waals surface area contributed by atoms with Crippen LogP contribution in [0.15, 0.2) is 9.98 Å². The monoisotopic (exact) mass is 214 g/mol. The lowest BCUT2D eigenvalue weighted by Gasteiger charge is -2.03. The van der Waals surface area contributed by atoms with E-state index in [1.807, 2.05) is 0 Å². The maximum atomic E-state index is 10.5. The van der Waals surface area contributed by atoms with Gasteiger partial charge in [-0.25, -0.2) is 19.6 Å². The fourth-order valence-electron chi connectivity index (χ4n) is 0.968. The highest BCUT2D eigenvalue weighted by Gasteiger charge is 2.04. The van der Waals surface area contributed by atoms with Crippen molar-refractivity contribution in [1.82, 2.24) is 0 Å². The standard InChI is InChI=1S/C8H14N4O3/c1-5(11-7(9)13)3-6(4-15-2)12-8(10)14/h3-4H2,1-2H3,(H2,9,13)(H2,10,14). The topological polar surface area (TPSA) is 120 Å². The van der Waals surface area contributed by atoms with Crippen molar-refractivity contribution in [2.45, 2.75) is 13.3 Å². The number of amides is 4. The Hall–Kier alpha value is -1.76. The maximum absolute atomic E-state index is 10.5. The van der Waals surface area contributed by atoms with Gasteiger partial charge in [0.25, 0.3) is 0 Å². The summed E-state index contributed by atoms with van der Waals surface area (Å²) >= 11 is 0. The molecule has 4 amide bonds. The molecule has 84 valence electrons. The van der Waals surface area contributed by atoms with Crippen molar-refractivity contribution < 1.29 is 14.3 Å². The number of aliphatic imine (C=N–C) groups is 2. The summed E-state index contributed by atoms with van der Waals surface area (Å²) in [6, 6.07) is -1.60. The largest absolute Gasteiger partial charge is 0.379 e. The lowest BCUT2D eigenvalue weighted by molar-refractivity contribution is 0.242. The van der Waals surface area contributed by atoms with Gasteiger partial charge < -0.3 is 16.2 Å². The highest BCUT2D eigenvalue weighted by molar-refractivity contribution is 6.09. The Morgan fingerprint density at radius 3 is 2.13 bits per heavy atom. The minimum absolute atomic E-state index is 0.147. The lowest BCUT2D eigenvalue weighted by Crippen LogP contribution is -2.18. The van der Waals surface area contributed by atoms with Crippen LogP contribution in [0, 0.1) is 0 Å². The van der Waals surface area contributed by atoms with Gasteiger partial charge in [0, 0.05) is 19.2 Å². The fraction of sp³-hybridized carbons (Fsp3) is 0.500. The molecular formula is C8H14N4O3. The minimum atomic E-state index is -0.811. The van der Waals surface area contributed by atoms with Crippen LogP contribution in [-0.4, -0.2) is 37.2 Å². The van der Waals surface area contributed by atoms with Gasteiger partial charge in [-0.3, -0.25) is 0 Å². The number of carbonyl (C=O) groups excluding carboxylic acids is 2. The van der Waals surface area contributed by atoms with Crippen molar-refractivity contribution in [3.8, 4) is 0 Å². The molecule has 0 bridgehead atoms. The van der Waals surface area contributed by atoms with Crippen molar-refractivity contribution in [3.05, 3.63) is 0 Å². The average molecular weight is 214 g/mol. The predicted molar refractivity (Wildman–Crippen MR) is 56.2 cm³/mol. The van der Waals surface area contributed by atoms with Gasteiger partial charge in [0.2, 0.25) is 0 Å². The first-order valence-electron chi connectivity index (χ1n) is 4.14. The molecule has 0 fully saturated rings. The van der Waals surface area contributed by atoms with Gasteiger partial charge in [-0.1, -0.05) is 0 Å². The van der Waals surface area contributed by atoms with E-state index in [1.54, 1.807) is 6.92 Å². The lowest BCUT2D eigenvalue weighted by atomic mass is 10.2. The number of ether oxygens (including phenoxy) is 1. The van der Waals surface area contributed by atoms with Crippen LogP contribution in [0.4, 0.5) is 9.59 Å². The molecule has 0 heterocycles. The number of carbonyl (C=O) groups is 2. The molecule has 0 aliphatic carbocycles. The van der Waals surface area contributed by atoms with Gasteiger partial charge in [-0.2, -0.15) is 0 Å². The molecule has 0 unspecified atom stereocenters. The van der Waals surface area contributed by atoms with Crippen molar-refractivity contribution in [2.24, 2.45) is 21.5 Å². The molecule has 0 aliphatic heterocycles. The Kier molecular flexibility index (Phi) is 5.88. The van der Waals surface area contributed by atoms with Gasteiger partial charge in [-0.05, 0) is 6.92 Å². The second-order valence-electron chi connectivity index (χ2n) is 2.81. The number of hydrogen-bond donors (Lipinski definition) is 2. The number of urea groups is 2. The molecule has 15 heavy (non-hydrogen) atoms. The Balaban J connectivity index is 4.55. The molecule has 7 heteroatoms. The fourth-order valence-corrected chi connectivity index (χ4v) is 0.968. The summed E-state index contributed by atoms with van der Waals surface area (Å²) in [7, 11) is 1.46. The average Bonchev–Trinajstić information content (AvgIpc) is 2.00. The molecular weight excluding hydrogens is 200 g/mol. The molecule has 0 saturated heterocycles. The first-order chi connectivity index (χ1) is 6.95. The highest BCUT2D eigenvalue weighted by atomic mass is 16.5. The zero-order valence-electron chi connectivity index (χ0n) is 8.69. The zero-order valence-corrected chi connectivity index (χ0v) is 8.69. The predicted octanol–water partition coefficient (Wildman–Crippen LogP) is 0.0822. The first kappa shape index (κ1) is 13.2. The Morgan fingerprint density at radius 1 is 1.20 bits per heavy atom. The van der Waals surface area contributed by atoms with Crippen molar-refractivity contribution in [1.29, 1.82) is 0 Å². The van der Waals surface area contributed by atoms with E-state index in [2.05, 4.69) is 9.98 Å². The van der Waals surface area contributed by atoms with Crippen LogP contribution in [0.25, 0.3) is 0 Å². The van der Waals surface area contributed by atoms with Gasteiger partial charge in [0.15, 0.2) is 0 Å². The number of primary amides is 2. The molecule has 4 N–H and O–H groups in total. The molecule has 0 aromatic heterocycles. The Labute approximate surface area is 87.2 Å². The van der Waals surface area contributed by atoms with Crippen LogP contribution in [0.5, 0.6) is 0 Å². The Bertz CT molecular complexity index is 309. The highest BCUT2D eigenvalue weighted by Crippen LogP contribution is 1.93. The summed E-state index contributed by atoms with van der Waals surface area (Å²) < 4.78 is 4.80. The number of nitrogens with two attached hydrogens (primary N) is 2. The zero-order chi connectivity index (χ0) is 11.8. The van der Waals surface area contributed by atoms with E-state index in [-0.39, 0.29) is 13.0 Å². The normalized spacial score (nSPS) is 12.7. The van der Waals surface area contributed by atoms with E-state index in [4.69, 9.17) is 16.2 Å². The second kappa shape index (κ2) is 6.66. The summed E-state index contributed by atoms with van der Waals surface area (Å²) in [5, 5.41) is 0. The van der Waals surface area contributed by atoms with E-state index >= 15 is 0 Å². The third-order valence-corrected chi connectivity index (χ3v) is 1.34. The number of rotatable bonds is 4. The van der Waals surface area contributed by atoms with Crippen molar-refractivity contribution in [2.75, 3.05) is 13.7 Å². The van der Waals surface area contributed by atoms with Crippen LogP contribution in [0.1, 0.15) is 13.3 Å². The van der Waals surface area contributed by atoms with E-state index in [0.717, 1.165) is 0 Å². The quantitative estimate of drug-likeness (QED) is 0.644. The third-order valence-electron chi connectivity index (χ3n) is 1.34. The smallest absolute Gasteiger partial charge is 0.338 e. The van der Waals surface area contributed by atoms with Crippen LogP contribution >= 0.6 is 0 Å². The molecule has 0 aliphatic rings.